The molecule has 1 fully saturated rings. The monoisotopic (exact) mass is 482 g/mol. The molecule has 12 heteroatoms. The maximum absolute atomic E-state index is 12.8. The third kappa shape index (κ3) is 4.60. The summed E-state index contributed by atoms with van der Waals surface area (Å²) in [6.07, 6.45) is 3.45. The number of aromatic nitrogens is 2. The first-order valence-electron chi connectivity index (χ1n) is 8.88. The van der Waals surface area contributed by atoms with Gasteiger partial charge in [-0.1, -0.05) is 34.8 Å². The SMILES string of the molecule is O=S(=O)(Oc1c(Cl)cc(Cl)cc1Cl)c1cnn2c1OCC(OC1CCCCO1)C2. The average molecular weight is 484 g/mol. The normalized spacial score (nSPS) is 22.0. The van der Waals surface area contributed by atoms with Crippen LogP contribution in [0.1, 0.15) is 19.3 Å². The molecular weight excluding hydrogens is 467 g/mol. The highest BCUT2D eigenvalue weighted by Gasteiger charge is 2.33. The van der Waals surface area contributed by atoms with E-state index in [4.69, 9.17) is 53.2 Å². The number of ether oxygens (including phenoxy) is 3. The summed E-state index contributed by atoms with van der Waals surface area (Å²) in [4.78, 5) is -0.230. The molecule has 29 heavy (non-hydrogen) atoms. The maximum Gasteiger partial charge on any atom is 0.346 e. The van der Waals surface area contributed by atoms with Crippen LogP contribution in [0.3, 0.4) is 0 Å². The van der Waals surface area contributed by atoms with Crippen molar-refractivity contribution in [2.24, 2.45) is 0 Å². The number of fused-ring (bicyclic) bond motifs is 1. The lowest BCUT2D eigenvalue weighted by atomic mass is 10.2. The number of hydrogen-bond acceptors (Lipinski definition) is 7. The first-order valence-corrected chi connectivity index (χ1v) is 11.4. The Labute approximate surface area is 182 Å². The van der Waals surface area contributed by atoms with Crippen LogP contribution in [-0.2, 0) is 26.1 Å². The van der Waals surface area contributed by atoms with Gasteiger partial charge in [-0.2, -0.15) is 13.5 Å². The molecule has 0 spiro atoms. The van der Waals surface area contributed by atoms with Gasteiger partial charge < -0.3 is 18.4 Å². The maximum atomic E-state index is 12.8. The van der Waals surface area contributed by atoms with Gasteiger partial charge >= 0.3 is 10.1 Å². The number of hydrogen-bond donors (Lipinski definition) is 0. The first-order chi connectivity index (χ1) is 13.8. The minimum Gasteiger partial charge on any atom is -0.474 e. The number of rotatable bonds is 5. The smallest absolute Gasteiger partial charge is 0.346 e. The lowest BCUT2D eigenvalue weighted by Gasteiger charge is -2.30. The first kappa shape index (κ1) is 21.0. The van der Waals surface area contributed by atoms with Gasteiger partial charge in [0.1, 0.15) is 12.7 Å². The summed E-state index contributed by atoms with van der Waals surface area (Å²) >= 11 is 17.9. The van der Waals surface area contributed by atoms with E-state index in [1.807, 2.05) is 0 Å². The van der Waals surface area contributed by atoms with Crippen molar-refractivity contribution in [1.82, 2.24) is 9.78 Å². The van der Waals surface area contributed by atoms with E-state index in [1.54, 1.807) is 0 Å². The van der Waals surface area contributed by atoms with E-state index in [-0.39, 0.29) is 50.6 Å². The number of nitrogens with zero attached hydrogens (tertiary/aromatic N) is 2. The van der Waals surface area contributed by atoms with Crippen LogP contribution in [0.5, 0.6) is 11.6 Å². The third-order valence-corrected chi connectivity index (χ3v) is 6.43. The molecule has 158 valence electrons. The van der Waals surface area contributed by atoms with Crippen molar-refractivity contribution in [2.45, 2.75) is 43.1 Å². The van der Waals surface area contributed by atoms with Gasteiger partial charge in [-0.15, -0.1) is 0 Å². The quantitative estimate of drug-likeness (QED) is 0.596. The Bertz CT molecular complexity index is 984. The molecule has 1 aromatic carbocycles. The van der Waals surface area contributed by atoms with Crippen LogP contribution >= 0.6 is 34.8 Å². The van der Waals surface area contributed by atoms with Gasteiger partial charge in [0, 0.05) is 11.6 Å². The van der Waals surface area contributed by atoms with Crippen molar-refractivity contribution < 1.29 is 26.8 Å². The van der Waals surface area contributed by atoms with E-state index in [0.29, 0.717) is 13.2 Å². The van der Waals surface area contributed by atoms with E-state index in [0.717, 1.165) is 25.5 Å². The van der Waals surface area contributed by atoms with Crippen LogP contribution in [0.4, 0.5) is 0 Å². The molecule has 1 aromatic heterocycles. The van der Waals surface area contributed by atoms with Crippen LogP contribution in [0, 0.1) is 0 Å². The molecule has 0 N–H and O–H groups in total. The van der Waals surface area contributed by atoms with E-state index >= 15 is 0 Å². The molecule has 8 nitrogen and oxygen atoms in total. The van der Waals surface area contributed by atoms with Crippen molar-refractivity contribution in [3.8, 4) is 11.6 Å². The summed E-state index contributed by atoms with van der Waals surface area (Å²) in [6, 6.07) is 2.66. The summed E-state index contributed by atoms with van der Waals surface area (Å²) in [7, 11) is -4.30. The zero-order chi connectivity index (χ0) is 20.6. The molecule has 2 aromatic rings. The summed E-state index contributed by atoms with van der Waals surface area (Å²) in [5.41, 5.74) is 0. The molecule has 0 amide bonds. The fourth-order valence-electron chi connectivity index (χ4n) is 3.10. The van der Waals surface area contributed by atoms with Crippen LogP contribution in [0.2, 0.25) is 15.1 Å². The van der Waals surface area contributed by atoms with Crippen LogP contribution in [0.25, 0.3) is 0 Å². The second-order valence-corrected chi connectivity index (χ2v) is 9.36. The molecule has 0 radical (unpaired) electrons. The van der Waals surface area contributed by atoms with Crippen molar-refractivity contribution >= 4 is 44.9 Å². The Balaban J connectivity index is 1.51. The standard InChI is InChI=1S/C17H17Cl3N2O6S/c18-10-5-12(19)16(13(20)6-10)28-29(23,24)14-7-21-22-8-11(9-26-17(14)22)27-15-3-1-2-4-25-15/h5-7,11,15H,1-4,8-9H2. The molecule has 0 bridgehead atoms. The Kier molecular flexibility index (Phi) is 6.15. The van der Waals surface area contributed by atoms with E-state index in [2.05, 4.69) is 5.10 Å². The largest absolute Gasteiger partial charge is 0.474 e. The second-order valence-electron chi connectivity index (χ2n) is 6.60. The molecule has 0 aliphatic carbocycles. The Morgan fingerprint density at radius 2 is 1.93 bits per heavy atom. The summed E-state index contributed by atoms with van der Waals surface area (Å²) in [6.45, 7) is 1.16. The van der Waals surface area contributed by atoms with Gasteiger partial charge in [-0.25, -0.2) is 4.68 Å². The molecule has 0 saturated carbocycles. The fourth-order valence-corrected chi connectivity index (χ4v) is 5.13. The highest BCUT2D eigenvalue weighted by atomic mass is 35.5. The molecular formula is C17H17Cl3N2O6S. The highest BCUT2D eigenvalue weighted by molar-refractivity contribution is 7.87. The zero-order valence-electron chi connectivity index (χ0n) is 15.0. The van der Waals surface area contributed by atoms with Gasteiger partial charge in [-0.3, -0.25) is 0 Å². The average Bonchev–Trinajstić information content (AvgIpc) is 3.10. The lowest BCUT2D eigenvalue weighted by Crippen LogP contribution is -2.37. The highest BCUT2D eigenvalue weighted by Crippen LogP contribution is 2.39. The lowest BCUT2D eigenvalue weighted by molar-refractivity contribution is -0.200. The molecule has 4 rings (SSSR count). The number of benzene rings is 1. The molecule has 3 heterocycles. The predicted octanol–water partition coefficient (Wildman–Crippen LogP) is 3.92. The van der Waals surface area contributed by atoms with Gasteiger partial charge in [0.05, 0.1) is 22.8 Å². The van der Waals surface area contributed by atoms with E-state index in [1.165, 1.54) is 16.8 Å². The summed E-state index contributed by atoms with van der Waals surface area (Å²) < 4.78 is 49.2. The molecule has 2 atom stereocenters. The van der Waals surface area contributed by atoms with Crippen molar-refractivity contribution in [1.29, 1.82) is 0 Å². The van der Waals surface area contributed by atoms with Crippen LogP contribution in [-0.4, -0.2) is 43.8 Å². The topological polar surface area (TPSA) is 88.9 Å². The van der Waals surface area contributed by atoms with Gasteiger partial charge in [0.25, 0.3) is 0 Å². The van der Waals surface area contributed by atoms with Crippen molar-refractivity contribution in [2.75, 3.05) is 13.2 Å². The number of halogens is 3. The van der Waals surface area contributed by atoms with E-state index in [9.17, 15) is 8.42 Å². The minimum atomic E-state index is -4.30. The molecule has 1 saturated heterocycles. The zero-order valence-corrected chi connectivity index (χ0v) is 18.1. The van der Waals surface area contributed by atoms with Crippen molar-refractivity contribution in [3.05, 3.63) is 33.4 Å². The summed E-state index contributed by atoms with van der Waals surface area (Å²) in [5, 5.41) is 4.28. The third-order valence-electron chi connectivity index (χ3n) is 4.45. The van der Waals surface area contributed by atoms with Gasteiger partial charge in [0.2, 0.25) is 5.88 Å². The van der Waals surface area contributed by atoms with Crippen molar-refractivity contribution in [3.63, 3.8) is 0 Å². The van der Waals surface area contributed by atoms with Crippen LogP contribution < -0.4 is 8.92 Å². The van der Waals surface area contributed by atoms with Crippen LogP contribution in [0.15, 0.2) is 23.2 Å². The fraction of sp³-hybridized carbons (Fsp3) is 0.471. The van der Waals surface area contributed by atoms with Gasteiger partial charge in [-0.05, 0) is 31.4 Å². The van der Waals surface area contributed by atoms with Gasteiger partial charge in [0.15, 0.2) is 16.9 Å². The van der Waals surface area contributed by atoms with E-state index < -0.39 is 10.1 Å². The predicted molar refractivity (Wildman–Crippen MR) is 105 cm³/mol. The summed E-state index contributed by atoms with van der Waals surface area (Å²) in [5.74, 6) is -0.153. The Morgan fingerprint density at radius 3 is 2.62 bits per heavy atom. The minimum absolute atomic E-state index is 0.0334. The molecule has 2 aliphatic rings. The Hall–Kier alpha value is -1.23. The Morgan fingerprint density at radius 1 is 1.17 bits per heavy atom. The second kappa shape index (κ2) is 8.49. The molecule has 2 unspecified atom stereocenters. The molecule has 2 aliphatic heterocycles.